The van der Waals surface area contributed by atoms with Gasteiger partial charge >= 0.3 is 11.9 Å². The number of rotatable bonds is 3. The molecule has 0 saturated carbocycles. The number of hydrogen-bond acceptors (Lipinski definition) is 4. The van der Waals surface area contributed by atoms with Crippen LogP contribution in [0.3, 0.4) is 0 Å². The van der Waals surface area contributed by atoms with E-state index in [9.17, 15) is 9.59 Å². The summed E-state index contributed by atoms with van der Waals surface area (Å²) in [4.78, 5) is 19.5. The lowest BCUT2D eigenvalue weighted by molar-refractivity contribution is -0.165. The number of aliphatic carboxylic acids is 2. The maximum Gasteiger partial charge on any atom is 0.335 e. The Morgan fingerprint density at radius 2 is 0.867 bits per heavy atom. The Morgan fingerprint density at radius 3 is 0.933 bits per heavy atom. The van der Waals surface area contributed by atoms with Crippen molar-refractivity contribution in [2.45, 2.75) is 12.2 Å². The molecule has 96 valence electrons. The van der Waals surface area contributed by atoms with E-state index in [1.165, 1.54) is 0 Å². The number of carboxylic acids is 2. The highest BCUT2D eigenvalue weighted by atomic mass is 16.4. The van der Waals surface area contributed by atoms with Gasteiger partial charge < -0.3 is 42.3 Å². The second-order valence-corrected chi connectivity index (χ2v) is 1.57. The van der Waals surface area contributed by atoms with Crippen LogP contribution in [0.2, 0.25) is 0 Å². The number of aliphatic hydroxyl groups excluding tert-OH is 2. The summed E-state index contributed by atoms with van der Waals surface area (Å²) in [5, 5.41) is 32.5. The fraction of sp³-hybridized carbons (Fsp3) is 0.500. The van der Waals surface area contributed by atoms with Crippen LogP contribution in [-0.4, -0.2) is 74.9 Å². The zero-order valence-corrected chi connectivity index (χ0v) is 6.76. The summed E-state index contributed by atoms with van der Waals surface area (Å²) in [6, 6.07) is 0. The number of carbonyl (C=O) groups is 2. The van der Waals surface area contributed by atoms with E-state index in [2.05, 4.69) is 0 Å². The van der Waals surface area contributed by atoms with Gasteiger partial charge in [0, 0.05) is 0 Å². The van der Waals surface area contributed by atoms with E-state index in [0.717, 1.165) is 0 Å². The van der Waals surface area contributed by atoms with Crippen molar-refractivity contribution in [3.05, 3.63) is 0 Å². The summed E-state index contributed by atoms with van der Waals surface area (Å²) in [5.41, 5.74) is 0. The van der Waals surface area contributed by atoms with Gasteiger partial charge in [-0.2, -0.15) is 0 Å². The number of aliphatic hydroxyl groups is 2. The van der Waals surface area contributed by atoms with Gasteiger partial charge in [-0.25, -0.2) is 9.59 Å². The lowest BCUT2D eigenvalue weighted by Gasteiger charge is -2.07. The van der Waals surface area contributed by atoms with Crippen LogP contribution in [0.4, 0.5) is 0 Å². The molecular formula is C4H17BO10. The fourth-order valence-corrected chi connectivity index (χ4v) is 0.270. The Bertz CT molecular complexity index is 142. The third-order valence-electron chi connectivity index (χ3n) is 0.805. The van der Waals surface area contributed by atoms with Crippen molar-refractivity contribution in [2.75, 3.05) is 0 Å². The first-order valence-electron chi connectivity index (χ1n) is 2.28. The van der Waals surface area contributed by atoms with E-state index < -0.39 is 24.1 Å². The SMILES string of the molecule is B.O.O.O.O.O=C(O)C(O)C(O)C(=O)O. The summed E-state index contributed by atoms with van der Waals surface area (Å²) in [6.45, 7) is 0. The van der Waals surface area contributed by atoms with Crippen molar-refractivity contribution in [1.29, 1.82) is 0 Å². The highest BCUT2D eigenvalue weighted by molar-refractivity contribution is 5.83. The molecule has 0 fully saturated rings. The monoisotopic (exact) mass is 236 g/mol. The third-order valence-corrected chi connectivity index (χ3v) is 0.805. The molecule has 0 amide bonds. The van der Waals surface area contributed by atoms with Crippen LogP contribution in [0.15, 0.2) is 0 Å². The smallest absolute Gasteiger partial charge is 0.335 e. The Balaban J connectivity index is -0.0000000405. The molecule has 0 aliphatic rings. The molecule has 0 heterocycles. The predicted molar refractivity (Wildman–Crippen MR) is 51.7 cm³/mol. The Morgan fingerprint density at radius 1 is 0.733 bits per heavy atom. The van der Waals surface area contributed by atoms with E-state index in [4.69, 9.17) is 20.4 Å². The molecule has 10 nitrogen and oxygen atoms in total. The topological polar surface area (TPSA) is 241 Å². The number of hydrogen-bond donors (Lipinski definition) is 4. The molecule has 15 heavy (non-hydrogen) atoms. The molecule has 2 atom stereocenters. The largest absolute Gasteiger partial charge is 0.479 e. The van der Waals surface area contributed by atoms with E-state index >= 15 is 0 Å². The van der Waals surface area contributed by atoms with Gasteiger partial charge in [0.15, 0.2) is 12.2 Å². The van der Waals surface area contributed by atoms with Crippen LogP contribution < -0.4 is 0 Å². The maximum atomic E-state index is 9.77. The summed E-state index contributed by atoms with van der Waals surface area (Å²) in [5.74, 6) is -3.54. The molecular weight excluding hydrogens is 219 g/mol. The quantitative estimate of drug-likeness (QED) is 0.346. The average Bonchev–Trinajstić information content (AvgIpc) is 1.84. The minimum absolute atomic E-state index is 0. The van der Waals surface area contributed by atoms with Gasteiger partial charge in [0.05, 0.1) is 8.41 Å². The third kappa shape index (κ3) is 12.8. The van der Waals surface area contributed by atoms with Crippen molar-refractivity contribution >= 4 is 20.4 Å². The molecule has 12 N–H and O–H groups in total. The van der Waals surface area contributed by atoms with Gasteiger partial charge in [0.2, 0.25) is 0 Å². The Hall–Kier alpha value is -1.24. The molecule has 0 aromatic heterocycles. The van der Waals surface area contributed by atoms with Gasteiger partial charge in [-0.3, -0.25) is 0 Å². The van der Waals surface area contributed by atoms with E-state index in [-0.39, 0.29) is 30.3 Å². The van der Waals surface area contributed by atoms with Gasteiger partial charge in [-0.15, -0.1) is 0 Å². The normalized spacial score (nSPS) is 10.5. The van der Waals surface area contributed by atoms with Crippen LogP contribution in [0, 0.1) is 0 Å². The molecule has 0 spiro atoms. The maximum absolute atomic E-state index is 9.77. The highest BCUT2D eigenvalue weighted by Crippen LogP contribution is 1.92. The molecule has 2 unspecified atom stereocenters. The highest BCUT2D eigenvalue weighted by Gasteiger charge is 2.29. The van der Waals surface area contributed by atoms with Crippen molar-refractivity contribution in [3.8, 4) is 0 Å². The van der Waals surface area contributed by atoms with Gasteiger partial charge in [-0.05, 0) is 0 Å². The lowest BCUT2D eigenvalue weighted by atomic mass is 10.2. The van der Waals surface area contributed by atoms with E-state index in [1.807, 2.05) is 0 Å². The van der Waals surface area contributed by atoms with E-state index in [0.29, 0.717) is 0 Å². The lowest BCUT2D eigenvalue weighted by Crippen LogP contribution is -2.39. The van der Waals surface area contributed by atoms with Crippen LogP contribution in [0.1, 0.15) is 0 Å². The molecule has 0 saturated heterocycles. The second kappa shape index (κ2) is 15.2. The summed E-state index contributed by atoms with van der Waals surface area (Å²) >= 11 is 0. The molecule has 0 rings (SSSR count). The van der Waals surface area contributed by atoms with E-state index in [1.54, 1.807) is 0 Å². The molecule has 0 bridgehead atoms. The zero-order valence-electron chi connectivity index (χ0n) is 6.76. The van der Waals surface area contributed by atoms with Crippen molar-refractivity contribution in [1.82, 2.24) is 0 Å². The van der Waals surface area contributed by atoms with Crippen LogP contribution in [0.25, 0.3) is 0 Å². The number of carboxylic acid groups (broad SMARTS) is 2. The molecule has 0 aromatic rings. The second-order valence-electron chi connectivity index (χ2n) is 1.57. The zero-order chi connectivity index (χ0) is 8.31. The van der Waals surface area contributed by atoms with Gasteiger partial charge in [-0.1, -0.05) is 0 Å². The molecule has 0 aliphatic heterocycles. The fourth-order valence-electron chi connectivity index (χ4n) is 0.270. The van der Waals surface area contributed by atoms with Gasteiger partial charge in [0.1, 0.15) is 0 Å². The summed E-state index contributed by atoms with van der Waals surface area (Å²) < 4.78 is 0. The van der Waals surface area contributed by atoms with Crippen molar-refractivity contribution in [3.63, 3.8) is 0 Å². The van der Waals surface area contributed by atoms with Crippen LogP contribution in [-0.2, 0) is 9.59 Å². The van der Waals surface area contributed by atoms with Crippen molar-refractivity contribution in [2.24, 2.45) is 0 Å². The molecule has 0 radical (unpaired) electrons. The summed E-state index contributed by atoms with van der Waals surface area (Å²) in [7, 11) is 0. The predicted octanol–water partition coefficient (Wildman–Crippen LogP) is -6.61. The minimum Gasteiger partial charge on any atom is -0.479 e. The minimum atomic E-state index is -2.27. The standard InChI is InChI=1S/C4H6O6.BH3.4H2O/c5-1(3(7)8)2(6)4(9)10;;;;;/h1-2,5-6H,(H,7,8)(H,9,10);1H3;4*1H2. The summed E-state index contributed by atoms with van der Waals surface area (Å²) in [6.07, 6.45) is -4.53. The molecule has 0 aliphatic carbocycles. The Kier molecular flexibility index (Phi) is 37.8. The first-order chi connectivity index (χ1) is 4.46. The van der Waals surface area contributed by atoms with Crippen molar-refractivity contribution < 1.29 is 51.9 Å². The van der Waals surface area contributed by atoms with Crippen LogP contribution >= 0.6 is 0 Å². The first kappa shape index (κ1) is 37.2. The molecule has 11 heteroatoms. The van der Waals surface area contributed by atoms with Crippen LogP contribution in [0.5, 0.6) is 0 Å². The van der Waals surface area contributed by atoms with Gasteiger partial charge in [0.25, 0.3) is 0 Å². The first-order valence-corrected chi connectivity index (χ1v) is 2.28. The molecule has 0 aromatic carbocycles. The average molecular weight is 236 g/mol. The Labute approximate surface area is 85.6 Å².